The molecule has 0 radical (unpaired) electrons. The van der Waals surface area contributed by atoms with E-state index in [2.05, 4.69) is 32.7 Å². The van der Waals surface area contributed by atoms with Gasteiger partial charge in [-0.2, -0.15) is 0 Å². The molecule has 0 fully saturated rings. The van der Waals surface area contributed by atoms with Gasteiger partial charge in [-0.05, 0) is 24.6 Å². The Morgan fingerprint density at radius 1 is 0.947 bits per heavy atom. The molecular formula is C15H31N2OSi+. The molecule has 0 aromatic heterocycles. The van der Waals surface area contributed by atoms with Gasteiger partial charge in [0.15, 0.2) is 10.7 Å². The summed E-state index contributed by atoms with van der Waals surface area (Å²) in [5.41, 5.74) is 0. The van der Waals surface area contributed by atoms with Crippen LogP contribution in [0, 0.1) is 5.39 Å². The highest BCUT2D eigenvalue weighted by molar-refractivity contribution is 6.86. The van der Waals surface area contributed by atoms with Crippen LogP contribution in [-0.4, -0.2) is 13.2 Å². The smallest absolute Gasteiger partial charge is 0.363 e. The molecule has 0 saturated heterocycles. The van der Waals surface area contributed by atoms with E-state index in [0.717, 1.165) is 31.0 Å². The molecule has 19 heavy (non-hydrogen) atoms. The summed E-state index contributed by atoms with van der Waals surface area (Å²) in [6.45, 7) is 8.65. The first-order valence-electron chi connectivity index (χ1n) is 7.89. The molecule has 0 heterocycles. The fourth-order valence-corrected chi connectivity index (χ4v) is 6.19. The average Bonchev–Trinajstić information content (AvgIpc) is 2.44. The normalized spacial score (nSPS) is 13.0. The zero-order chi connectivity index (χ0) is 14.7. The van der Waals surface area contributed by atoms with E-state index < -0.39 is 8.07 Å². The number of diazo groups is 1. The van der Waals surface area contributed by atoms with Gasteiger partial charge in [0.1, 0.15) is 0 Å². The first kappa shape index (κ1) is 18.2. The number of unbranched alkanes of at least 4 members (excludes halogenated alkanes) is 4. The van der Waals surface area contributed by atoms with Gasteiger partial charge in [-0.1, -0.05) is 53.4 Å². The molecule has 0 amide bonds. The number of hydrogen-bond donors (Lipinski definition) is 1. The minimum atomic E-state index is -1.77. The summed E-state index contributed by atoms with van der Waals surface area (Å²) in [7, 11) is -1.77. The van der Waals surface area contributed by atoms with Gasteiger partial charge < -0.3 is 5.11 Å². The van der Waals surface area contributed by atoms with Crippen LogP contribution in [0.5, 0.6) is 0 Å². The molecule has 0 aliphatic rings. The zero-order valence-corrected chi connectivity index (χ0v) is 14.2. The van der Waals surface area contributed by atoms with E-state index in [1.54, 1.807) is 0 Å². The van der Waals surface area contributed by atoms with Crippen LogP contribution in [0.4, 0.5) is 0 Å². The molecule has 0 aromatic carbocycles. The molecule has 1 N–H and O–H groups in total. The Balaban J connectivity index is 4.70. The fourth-order valence-electron chi connectivity index (χ4n) is 2.74. The van der Waals surface area contributed by atoms with Crippen LogP contribution in [0.1, 0.15) is 66.2 Å². The minimum Gasteiger partial charge on any atom is -0.506 e. The molecule has 0 aromatic rings. The SMILES string of the molecule is CCCCCCC/C(O)=C(\[N+]#N)[Si](CC)(CC)CC. The second-order valence-electron chi connectivity index (χ2n) is 5.40. The van der Waals surface area contributed by atoms with E-state index in [1.165, 1.54) is 19.3 Å². The Kier molecular flexibility index (Phi) is 9.59. The van der Waals surface area contributed by atoms with Crippen LogP contribution >= 0.6 is 0 Å². The summed E-state index contributed by atoms with van der Waals surface area (Å²) < 4.78 is 0. The number of allylic oxidation sites excluding steroid dienone is 1. The molecule has 4 heteroatoms. The van der Waals surface area contributed by atoms with Gasteiger partial charge in [-0.25, -0.2) is 0 Å². The summed E-state index contributed by atoms with van der Waals surface area (Å²) in [6.07, 6.45) is 6.53. The van der Waals surface area contributed by atoms with Gasteiger partial charge in [0, 0.05) is 6.42 Å². The second-order valence-corrected chi connectivity index (χ2v) is 10.6. The molecule has 0 atom stereocenters. The van der Waals surface area contributed by atoms with Crippen LogP contribution in [0.2, 0.25) is 18.1 Å². The Morgan fingerprint density at radius 2 is 1.47 bits per heavy atom. The highest BCUT2D eigenvalue weighted by atomic mass is 28.3. The van der Waals surface area contributed by atoms with Gasteiger partial charge >= 0.3 is 5.32 Å². The molecule has 0 aliphatic carbocycles. The van der Waals surface area contributed by atoms with Gasteiger partial charge in [0.2, 0.25) is 13.5 Å². The van der Waals surface area contributed by atoms with E-state index in [9.17, 15) is 10.5 Å². The lowest BCUT2D eigenvalue weighted by Gasteiger charge is -2.19. The van der Waals surface area contributed by atoms with Crippen molar-refractivity contribution in [3.8, 4) is 0 Å². The van der Waals surface area contributed by atoms with E-state index in [0.29, 0.717) is 17.5 Å². The van der Waals surface area contributed by atoms with Gasteiger partial charge in [-0.3, -0.25) is 0 Å². The lowest BCUT2D eigenvalue weighted by Crippen LogP contribution is -2.34. The van der Waals surface area contributed by atoms with Gasteiger partial charge in [0.25, 0.3) is 0 Å². The van der Waals surface area contributed by atoms with E-state index >= 15 is 0 Å². The van der Waals surface area contributed by atoms with E-state index in [4.69, 9.17) is 0 Å². The number of nitrogens with zero attached hydrogens (tertiary/aromatic N) is 2. The third kappa shape index (κ3) is 5.36. The van der Waals surface area contributed by atoms with Crippen molar-refractivity contribution in [1.82, 2.24) is 0 Å². The summed E-state index contributed by atoms with van der Waals surface area (Å²) in [6, 6.07) is 3.08. The van der Waals surface area contributed by atoms with Crippen LogP contribution in [-0.2, 0) is 0 Å². The number of aliphatic hydroxyl groups excluding tert-OH is 1. The van der Waals surface area contributed by atoms with Crippen molar-refractivity contribution in [3.63, 3.8) is 0 Å². The van der Waals surface area contributed by atoms with Crippen molar-refractivity contribution < 1.29 is 5.11 Å². The van der Waals surface area contributed by atoms with Crippen molar-refractivity contribution >= 4 is 8.07 Å². The van der Waals surface area contributed by atoms with Crippen molar-refractivity contribution in [1.29, 1.82) is 5.39 Å². The molecule has 0 aliphatic heterocycles. The van der Waals surface area contributed by atoms with Gasteiger partial charge in [-0.15, -0.1) is 0 Å². The highest BCUT2D eigenvalue weighted by Gasteiger charge is 2.45. The predicted octanol–water partition coefficient (Wildman–Crippen LogP) is 6.02. The molecule has 0 saturated carbocycles. The van der Waals surface area contributed by atoms with Crippen molar-refractivity contribution in [2.45, 2.75) is 84.4 Å². The van der Waals surface area contributed by atoms with Crippen LogP contribution in [0.3, 0.4) is 0 Å². The van der Waals surface area contributed by atoms with Crippen molar-refractivity contribution in [3.05, 3.63) is 16.1 Å². The first-order valence-corrected chi connectivity index (χ1v) is 10.5. The summed E-state index contributed by atoms with van der Waals surface area (Å²) in [5.74, 6) is 0.344. The standard InChI is InChI=1S/C15H30N2OSi/c1-5-9-10-11-12-13-14(18)15(17-16)19(6-2,7-3)8-4/h5-13H2,1-4H3/p+1/b15-14-. The second kappa shape index (κ2) is 10.0. The van der Waals surface area contributed by atoms with Crippen LogP contribution in [0.25, 0.3) is 4.98 Å². The monoisotopic (exact) mass is 283 g/mol. The molecular weight excluding hydrogens is 252 g/mol. The molecule has 0 rings (SSSR count). The number of rotatable bonds is 10. The third-order valence-electron chi connectivity index (χ3n) is 4.42. The first-order chi connectivity index (χ1) is 9.11. The average molecular weight is 284 g/mol. The van der Waals surface area contributed by atoms with Crippen molar-refractivity contribution in [2.24, 2.45) is 0 Å². The lowest BCUT2D eigenvalue weighted by molar-refractivity contribution is 0.377. The fraction of sp³-hybridized carbons (Fsp3) is 0.867. The largest absolute Gasteiger partial charge is 0.506 e. The van der Waals surface area contributed by atoms with Gasteiger partial charge in [0.05, 0.1) is 0 Å². The molecule has 0 bridgehead atoms. The Labute approximate surface area is 119 Å². The van der Waals surface area contributed by atoms with Crippen LogP contribution < -0.4 is 0 Å². The number of aliphatic hydroxyl groups is 1. The molecule has 110 valence electrons. The maximum Gasteiger partial charge on any atom is 0.363 e. The van der Waals surface area contributed by atoms with E-state index in [1.807, 2.05) is 0 Å². The predicted molar refractivity (Wildman–Crippen MR) is 85.3 cm³/mol. The Bertz CT molecular complexity index is 308. The molecule has 0 unspecified atom stereocenters. The van der Waals surface area contributed by atoms with Crippen molar-refractivity contribution in [2.75, 3.05) is 0 Å². The zero-order valence-electron chi connectivity index (χ0n) is 13.2. The van der Waals surface area contributed by atoms with Crippen LogP contribution in [0.15, 0.2) is 11.1 Å². The summed E-state index contributed by atoms with van der Waals surface area (Å²) >= 11 is 0. The topological polar surface area (TPSA) is 48.4 Å². The maximum atomic E-state index is 10.3. The Morgan fingerprint density at radius 3 is 1.89 bits per heavy atom. The Hall–Kier alpha value is -0.823. The molecule has 0 spiro atoms. The maximum absolute atomic E-state index is 10.3. The molecule has 3 nitrogen and oxygen atoms in total. The quantitative estimate of drug-likeness (QED) is 0.231. The van der Waals surface area contributed by atoms with E-state index in [-0.39, 0.29) is 0 Å². The minimum absolute atomic E-state index is 0.344. The lowest BCUT2D eigenvalue weighted by atomic mass is 10.1. The third-order valence-corrected chi connectivity index (χ3v) is 9.88. The summed E-state index contributed by atoms with van der Waals surface area (Å²) in [4.78, 5) is 3.48. The number of hydrogen-bond acceptors (Lipinski definition) is 2. The highest BCUT2D eigenvalue weighted by Crippen LogP contribution is 2.32. The summed E-state index contributed by atoms with van der Waals surface area (Å²) in [5, 5.41) is 20.2.